The predicted octanol–water partition coefficient (Wildman–Crippen LogP) is 2.64. The fourth-order valence-electron chi connectivity index (χ4n) is 2.96. The number of aryl methyl sites for hydroxylation is 1. The van der Waals surface area contributed by atoms with E-state index in [2.05, 4.69) is 17.1 Å². The first kappa shape index (κ1) is 16.0. The number of rotatable bonds is 7. The van der Waals surface area contributed by atoms with Crippen LogP contribution in [0.3, 0.4) is 0 Å². The first-order valence-electron chi connectivity index (χ1n) is 7.85. The van der Waals surface area contributed by atoms with Crippen LogP contribution in [-0.4, -0.2) is 41.7 Å². The van der Waals surface area contributed by atoms with Gasteiger partial charge in [-0.05, 0) is 58.8 Å². The third-order valence-electron chi connectivity index (χ3n) is 4.20. The third-order valence-corrected chi connectivity index (χ3v) is 4.20. The standard InChI is InChI=1S/C16H26N2O3/c1-12-10-14(21-15(12)16(19)20)11-17-7-5-9-18-8-4-3-6-13(18)2/h10,13,17H,3-9,11H2,1-2H3,(H,19,20). The van der Waals surface area contributed by atoms with Crippen LogP contribution in [0, 0.1) is 6.92 Å². The molecule has 0 bridgehead atoms. The fourth-order valence-corrected chi connectivity index (χ4v) is 2.96. The van der Waals surface area contributed by atoms with Gasteiger partial charge in [0, 0.05) is 11.6 Å². The zero-order valence-electron chi connectivity index (χ0n) is 13.0. The van der Waals surface area contributed by atoms with Gasteiger partial charge in [-0.3, -0.25) is 0 Å². The molecule has 0 spiro atoms. The molecule has 1 unspecified atom stereocenters. The molecule has 1 aromatic heterocycles. The lowest BCUT2D eigenvalue weighted by molar-refractivity contribution is 0.0659. The number of carbonyl (C=O) groups is 1. The summed E-state index contributed by atoms with van der Waals surface area (Å²) in [6.45, 7) is 7.93. The number of furan rings is 1. The van der Waals surface area contributed by atoms with Gasteiger partial charge < -0.3 is 19.7 Å². The number of likely N-dealkylation sites (tertiary alicyclic amines) is 1. The number of nitrogens with one attached hydrogen (secondary N) is 1. The van der Waals surface area contributed by atoms with Crippen LogP contribution in [0.5, 0.6) is 0 Å². The minimum Gasteiger partial charge on any atom is -0.475 e. The molecular formula is C16H26N2O3. The highest BCUT2D eigenvalue weighted by Crippen LogP contribution is 2.16. The van der Waals surface area contributed by atoms with Crippen LogP contribution >= 0.6 is 0 Å². The Morgan fingerprint density at radius 2 is 2.33 bits per heavy atom. The number of carboxylic acids is 1. The van der Waals surface area contributed by atoms with Crippen molar-refractivity contribution in [2.45, 2.75) is 52.1 Å². The maximum atomic E-state index is 10.9. The molecule has 1 atom stereocenters. The van der Waals surface area contributed by atoms with E-state index < -0.39 is 5.97 Å². The molecule has 2 heterocycles. The number of hydrogen-bond acceptors (Lipinski definition) is 4. The average molecular weight is 294 g/mol. The molecule has 1 aromatic rings. The Kier molecular flexibility index (Phi) is 5.82. The van der Waals surface area contributed by atoms with Crippen LogP contribution in [0.2, 0.25) is 0 Å². The number of piperidine rings is 1. The zero-order chi connectivity index (χ0) is 15.2. The summed E-state index contributed by atoms with van der Waals surface area (Å²) in [4.78, 5) is 13.5. The van der Waals surface area contributed by atoms with Crippen molar-refractivity contribution in [1.29, 1.82) is 0 Å². The summed E-state index contributed by atoms with van der Waals surface area (Å²) < 4.78 is 5.32. The van der Waals surface area contributed by atoms with Gasteiger partial charge in [-0.25, -0.2) is 4.79 Å². The highest BCUT2D eigenvalue weighted by Gasteiger charge is 2.17. The van der Waals surface area contributed by atoms with Crippen molar-refractivity contribution in [2.75, 3.05) is 19.6 Å². The Bertz CT molecular complexity index is 470. The summed E-state index contributed by atoms with van der Waals surface area (Å²) in [7, 11) is 0. The number of hydrogen-bond donors (Lipinski definition) is 2. The lowest BCUT2D eigenvalue weighted by atomic mass is 10.0. The van der Waals surface area contributed by atoms with Crippen LogP contribution < -0.4 is 5.32 Å². The largest absolute Gasteiger partial charge is 0.475 e. The number of carboxylic acid groups (broad SMARTS) is 1. The maximum absolute atomic E-state index is 10.9. The Morgan fingerprint density at radius 3 is 3.00 bits per heavy atom. The second-order valence-electron chi connectivity index (χ2n) is 5.94. The second-order valence-corrected chi connectivity index (χ2v) is 5.94. The molecule has 2 rings (SSSR count). The van der Waals surface area contributed by atoms with E-state index in [1.54, 1.807) is 13.0 Å². The fraction of sp³-hybridized carbons (Fsp3) is 0.688. The van der Waals surface area contributed by atoms with E-state index in [0.717, 1.165) is 19.5 Å². The lowest BCUT2D eigenvalue weighted by Gasteiger charge is -2.33. The topological polar surface area (TPSA) is 65.7 Å². The van der Waals surface area contributed by atoms with Crippen molar-refractivity contribution in [3.63, 3.8) is 0 Å². The maximum Gasteiger partial charge on any atom is 0.372 e. The molecule has 0 amide bonds. The Hall–Kier alpha value is -1.33. The van der Waals surface area contributed by atoms with Crippen LogP contribution in [0.25, 0.3) is 0 Å². The molecule has 5 heteroatoms. The van der Waals surface area contributed by atoms with E-state index in [1.807, 2.05) is 0 Å². The molecule has 5 nitrogen and oxygen atoms in total. The summed E-state index contributed by atoms with van der Waals surface area (Å²) >= 11 is 0. The normalized spacial score (nSPS) is 19.8. The Balaban J connectivity index is 1.65. The molecule has 1 fully saturated rings. The third kappa shape index (κ3) is 4.58. The van der Waals surface area contributed by atoms with E-state index in [-0.39, 0.29) is 5.76 Å². The molecule has 0 aliphatic carbocycles. The summed E-state index contributed by atoms with van der Waals surface area (Å²) in [5, 5.41) is 12.3. The molecular weight excluding hydrogens is 268 g/mol. The molecule has 0 radical (unpaired) electrons. The molecule has 1 aliphatic heterocycles. The van der Waals surface area contributed by atoms with Gasteiger partial charge in [-0.15, -0.1) is 0 Å². The van der Waals surface area contributed by atoms with Crippen molar-refractivity contribution in [3.8, 4) is 0 Å². The molecule has 21 heavy (non-hydrogen) atoms. The summed E-state index contributed by atoms with van der Waals surface area (Å²) in [5.41, 5.74) is 0.682. The van der Waals surface area contributed by atoms with E-state index in [9.17, 15) is 4.79 Å². The SMILES string of the molecule is Cc1cc(CNCCCN2CCCCC2C)oc1C(=O)O. The minimum absolute atomic E-state index is 0.0499. The van der Waals surface area contributed by atoms with Crippen LogP contribution in [-0.2, 0) is 6.54 Å². The summed E-state index contributed by atoms with van der Waals surface area (Å²) in [5.74, 6) is -0.261. The second kappa shape index (κ2) is 7.61. The minimum atomic E-state index is -1.00. The van der Waals surface area contributed by atoms with Crippen molar-refractivity contribution in [3.05, 3.63) is 23.2 Å². The molecule has 0 saturated carbocycles. The number of nitrogens with zero attached hydrogens (tertiary/aromatic N) is 1. The monoisotopic (exact) mass is 294 g/mol. The van der Waals surface area contributed by atoms with Gasteiger partial charge in [-0.1, -0.05) is 6.42 Å². The molecule has 1 saturated heterocycles. The lowest BCUT2D eigenvalue weighted by Crippen LogP contribution is -2.38. The predicted molar refractivity (Wildman–Crippen MR) is 81.6 cm³/mol. The van der Waals surface area contributed by atoms with Crippen molar-refractivity contribution in [2.24, 2.45) is 0 Å². The number of aromatic carboxylic acids is 1. The first-order valence-corrected chi connectivity index (χ1v) is 7.85. The Labute approximate surface area is 126 Å². The highest BCUT2D eigenvalue weighted by molar-refractivity contribution is 5.86. The Morgan fingerprint density at radius 1 is 1.52 bits per heavy atom. The van der Waals surface area contributed by atoms with Crippen molar-refractivity contribution < 1.29 is 14.3 Å². The summed E-state index contributed by atoms with van der Waals surface area (Å²) in [6.07, 6.45) is 5.11. The van der Waals surface area contributed by atoms with Crippen molar-refractivity contribution in [1.82, 2.24) is 10.2 Å². The van der Waals surface area contributed by atoms with E-state index in [4.69, 9.17) is 9.52 Å². The van der Waals surface area contributed by atoms with Gasteiger partial charge >= 0.3 is 5.97 Å². The van der Waals surface area contributed by atoms with Gasteiger partial charge in [-0.2, -0.15) is 0 Å². The molecule has 2 N–H and O–H groups in total. The van der Waals surface area contributed by atoms with Gasteiger partial charge in [0.2, 0.25) is 5.76 Å². The van der Waals surface area contributed by atoms with Gasteiger partial charge in [0.05, 0.1) is 6.54 Å². The van der Waals surface area contributed by atoms with Crippen LogP contribution in [0.1, 0.15) is 54.5 Å². The van der Waals surface area contributed by atoms with E-state index >= 15 is 0 Å². The average Bonchev–Trinajstić information content (AvgIpc) is 2.82. The molecule has 1 aliphatic rings. The smallest absolute Gasteiger partial charge is 0.372 e. The van der Waals surface area contributed by atoms with Crippen LogP contribution in [0.15, 0.2) is 10.5 Å². The highest BCUT2D eigenvalue weighted by atomic mass is 16.4. The van der Waals surface area contributed by atoms with Crippen LogP contribution in [0.4, 0.5) is 0 Å². The van der Waals surface area contributed by atoms with Gasteiger partial charge in [0.25, 0.3) is 0 Å². The molecule has 0 aromatic carbocycles. The summed E-state index contributed by atoms with van der Waals surface area (Å²) in [6, 6.07) is 2.51. The van der Waals surface area contributed by atoms with Crippen molar-refractivity contribution >= 4 is 5.97 Å². The van der Waals surface area contributed by atoms with Gasteiger partial charge in [0.15, 0.2) is 0 Å². The van der Waals surface area contributed by atoms with E-state index in [1.165, 1.54) is 25.8 Å². The van der Waals surface area contributed by atoms with Gasteiger partial charge in [0.1, 0.15) is 5.76 Å². The quantitative estimate of drug-likeness (QED) is 0.757. The molecule has 118 valence electrons. The van der Waals surface area contributed by atoms with E-state index in [0.29, 0.717) is 23.9 Å². The first-order chi connectivity index (χ1) is 10.1. The zero-order valence-corrected chi connectivity index (χ0v) is 13.0.